The molecule has 1 amide bonds. The van der Waals surface area contributed by atoms with Crippen LogP contribution in [0.5, 0.6) is 0 Å². The third-order valence-electron chi connectivity index (χ3n) is 4.06. The van der Waals surface area contributed by atoms with Crippen LogP contribution in [0.4, 0.5) is 5.95 Å². The van der Waals surface area contributed by atoms with E-state index in [0.717, 1.165) is 0 Å². The average molecular weight is 402 g/mol. The topological polar surface area (TPSA) is 132 Å². The lowest BCUT2D eigenvalue weighted by Crippen LogP contribution is -2.30. The lowest BCUT2D eigenvalue weighted by atomic mass is 10.00. The number of rotatable bonds is 7. The van der Waals surface area contributed by atoms with Crippen molar-refractivity contribution in [1.82, 2.24) is 24.7 Å². The molecule has 0 saturated heterocycles. The van der Waals surface area contributed by atoms with Gasteiger partial charge in [0.05, 0.1) is 47.4 Å². The van der Waals surface area contributed by atoms with Crippen LogP contribution in [0, 0.1) is 0 Å². The fourth-order valence-electron chi connectivity index (χ4n) is 2.65. The fourth-order valence-corrected chi connectivity index (χ4v) is 3.00. The van der Waals surface area contributed by atoms with Crippen molar-refractivity contribution < 1.29 is 9.90 Å². The van der Waals surface area contributed by atoms with E-state index in [1.54, 1.807) is 36.9 Å². The number of carbonyl (C=O) groups is 1. The maximum Gasteiger partial charge on any atom is 0.223 e. The van der Waals surface area contributed by atoms with Gasteiger partial charge < -0.3 is 16.2 Å². The summed E-state index contributed by atoms with van der Waals surface area (Å²) >= 11 is 6.24. The zero-order chi connectivity index (χ0) is 20.3. The van der Waals surface area contributed by atoms with Gasteiger partial charge in [0.1, 0.15) is 5.69 Å². The van der Waals surface area contributed by atoms with E-state index in [1.807, 2.05) is 13.8 Å². The summed E-state index contributed by atoms with van der Waals surface area (Å²) in [5.74, 6) is -0.189. The van der Waals surface area contributed by atoms with Crippen molar-refractivity contribution in [2.45, 2.75) is 31.9 Å². The number of aliphatic hydroxyl groups excluding tert-OH is 1. The number of nitrogens with zero attached hydrogens (tertiary/aromatic N) is 5. The number of aromatic nitrogens is 5. The van der Waals surface area contributed by atoms with Gasteiger partial charge in [-0.15, -0.1) is 0 Å². The maximum absolute atomic E-state index is 10.9. The Morgan fingerprint density at radius 2 is 2.04 bits per heavy atom. The summed E-state index contributed by atoms with van der Waals surface area (Å²) in [6, 6.07) is 3.55. The largest absolute Gasteiger partial charge is 0.388 e. The highest BCUT2D eigenvalue weighted by atomic mass is 35.5. The van der Waals surface area contributed by atoms with Crippen LogP contribution in [0.25, 0.3) is 5.69 Å². The second-order valence-corrected chi connectivity index (χ2v) is 7.16. The Bertz CT molecular complexity index is 972. The van der Waals surface area contributed by atoms with Gasteiger partial charge in [0.15, 0.2) is 0 Å². The lowest BCUT2D eigenvalue weighted by molar-refractivity contribution is -0.119. The van der Waals surface area contributed by atoms with Crippen molar-refractivity contribution in [2.24, 2.45) is 5.73 Å². The minimum absolute atomic E-state index is 0.170. The molecule has 4 N–H and O–H groups in total. The molecule has 1 unspecified atom stereocenters. The Morgan fingerprint density at radius 1 is 1.32 bits per heavy atom. The molecule has 3 rings (SSSR count). The molecular formula is C18H20ClN7O2. The summed E-state index contributed by atoms with van der Waals surface area (Å²) in [7, 11) is 0. The third kappa shape index (κ3) is 4.44. The molecule has 1 atom stereocenters. The normalized spacial score (nSPS) is 12.6. The quantitative estimate of drug-likeness (QED) is 0.551. The Labute approximate surface area is 166 Å². The van der Waals surface area contributed by atoms with E-state index in [9.17, 15) is 9.90 Å². The molecule has 0 aliphatic rings. The van der Waals surface area contributed by atoms with Crippen molar-refractivity contribution in [3.05, 3.63) is 59.4 Å². The highest BCUT2D eigenvalue weighted by Gasteiger charge is 2.25. The van der Waals surface area contributed by atoms with Crippen LogP contribution >= 0.6 is 11.6 Å². The van der Waals surface area contributed by atoms with Gasteiger partial charge in [0, 0.05) is 18.0 Å². The second-order valence-electron chi connectivity index (χ2n) is 6.75. The summed E-state index contributed by atoms with van der Waals surface area (Å²) in [6.45, 7) is 3.86. The first-order valence-corrected chi connectivity index (χ1v) is 8.86. The number of nitrogens with one attached hydrogen (secondary N) is 1. The van der Waals surface area contributed by atoms with E-state index in [2.05, 4.69) is 25.4 Å². The third-order valence-corrected chi connectivity index (χ3v) is 4.36. The summed E-state index contributed by atoms with van der Waals surface area (Å²) in [5, 5.41) is 17.9. The number of hydrogen-bond acceptors (Lipinski definition) is 7. The van der Waals surface area contributed by atoms with Gasteiger partial charge in [-0.3, -0.25) is 9.78 Å². The number of primary amides is 1. The summed E-state index contributed by atoms with van der Waals surface area (Å²) in [4.78, 5) is 23.9. The second kappa shape index (κ2) is 7.91. The fraction of sp³-hybridized carbons (Fsp3) is 0.278. The molecule has 0 saturated carbocycles. The van der Waals surface area contributed by atoms with Gasteiger partial charge in [-0.25, -0.2) is 14.6 Å². The number of aliphatic hydroxyl groups is 1. The number of anilines is 1. The zero-order valence-electron chi connectivity index (χ0n) is 15.4. The first-order chi connectivity index (χ1) is 13.3. The number of hydrogen-bond donors (Lipinski definition) is 3. The molecular weight excluding hydrogens is 382 g/mol. The van der Waals surface area contributed by atoms with E-state index >= 15 is 0 Å². The molecule has 3 aromatic rings. The van der Waals surface area contributed by atoms with Crippen LogP contribution in [0.3, 0.4) is 0 Å². The predicted molar refractivity (Wildman–Crippen MR) is 104 cm³/mol. The molecule has 0 radical (unpaired) electrons. The highest BCUT2D eigenvalue weighted by molar-refractivity contribution is 6.31. The van der Waals surface area contributed by atoms with Gasteiger partial charge in [0.2, 0.25) is 11.9 Å². The maximum atomic E-state index is 10.9. The summed E-state index contributed by atoms with van der Waals surface area (Å²) < 4.78 is 1.50. The molecule has 0 fully saturated rings. The van der Waals surface area contributed by atoms with E-state index in [4.69, 9.17) is 17.3 Å². The van der Waals surface area contributed by atoms with Gasteiger partial charge in [-0.2, -0.15) is 5.10 Å². The Morgan fingerprint density at radius 3 is 2.68 bits per heavy atom. The van der Waals surface area contributed by atoms with Crippen molar-refractivity contribution in [3.63, 3.8) is 0 Å². The highest BCUT2D eigenvalue weighted by Crippen LogP contribution is 2.28. The van der Waals surface area contributed by atoms with Gasteiger partial charge in [0.25, 0.3) is 0 Å². The number of nitrogens with two attached hydrogens (primary N) is 1. The van der Waals surface area contributed by atoms with E-state index < -0.39 is 17.6 Å². The van der Waals surface area contributed by atoms with Crippen LogP contribution < -0.4 is 11.1 Å². The van der Waals surface area contributed by atoms with Crippen molar-refractivity contribution in [3.8, 4) is 5.69 Å². The van der Waals surface area contributed by atoms with E-state index in [0.29, 0.717) is 27.9 Å². The lowest BCUT2D eigenvalue weighted by Gasteiger charge is -2.26. The van der Waals surface area contributed by atoms with Gasteiger partial charge in [-0.05, 0) is 26.0 Å². The molecule has 10 heteroatoms. The SMILES string of the molecule is CC(C)(Nc1ncc(-n2cc(C(O)CC(N)=O)cn2)cn1)c1ncccc1Cl. The summed E-state index contributed by atoms with van der Waals surface area (Å²) in [6.07, 6.45) is 6.73. The molecule has 0 bridgehead atoms. The number of carbonyl (C=O) groups excluding carboxylic acids is 1. The monoisotopic (exact) mass is 401 g/mol. The molecule has 0 aromatic carbocycles. The molecule has 9 nitrogen and oxygen atoms in total. The van der Waals surface area contributed by atoms with E-state index in [1.165, 1.54) is 10.9 Å². The smallest absolute Gasteiger partial charge is 0.223 e. The minimum atomic E-state index is -1.00. The Balaban J connectivity index is 1.74. The number of amides is 1. The molecule has 0 aliphatic carbocycles. The predicted octanol–water partition coefficient (Wildman–Crippen LogP) is 1.97. The van der Waals surface area contributed by atoms with Crippen LogP contribution in [-0.4, -0.2) is 35.7 Å². The van der Waals surface area contributed by atoms with Crippen LogP contribution in [0.2, 0.25) is 5.02 Å². The van der Waals surface area contributed by atoms with Crippen LogP contribution in [-0.2, 0) is 10.3 Å². The molecule has 0 spiro atoms. The van der Waals surface area contributed by atoms with Crippen LogP contribution in [0.15, 0.2) is 43.1 Å². The van der Waals surface area contributed by atoms with E-state index in [-0.39, 0.29) is 6.42 Å². The number of pyridine rings is 1. The van der Waals surface area contributed by atoms with Crippen molar-refractivity contribution in [1.29, 1.82) is 0 Å². The molecule has 0 aliphatic heterocycles. The number of halogens is 1. The van der Waals surface area contributed by atoms with Crippen molar-refractivity contribution >= 4 is 23.5 Å². The minimum Gasteiger partial charge on any atom is -0.388 e. The Kier molecular flexibility index (Phi) is 5.57. The van der Waals surface area contributed by atoms with Crippen LogP contribution in [0.1, 0.15) is 37.6 Å². The molecule has 3 heterocycles. The zero-order valence-corrected chi connectivity index (χ0v) is 16.1. The molecule has 3 aromatic heterocycles. The first-order valence-electron chi connectivity index (χ1n) is 8.49. The summed E-state index contributed by atoms with van der Waals surface area (Å²) in [5.41, 5.74) is 6.27. The Hall–Kier alpha value is -3.04. The van der Waals surface area contributed by atoms with Gasteiger partial charge >= 0.3 is 0 Å². The van der Waals surface area contributed by atoms with Gasteiger partial charge in [-0.1, -0.05) is 11.6 Å². The van der Waals surface area contributed by atoms with Crippen molar-refractivity contribution in [2.75, 3.05) is 5.32 Å². The standard InChI is InChI=1S/C18H20ClN7O2/c1-18(2,16-13(19)4-3-5-21-16)25-17-22-8-12(9-23-17)26-10-11(7-24-26)14(27)6-15(20)28/h3-5,7-10,14,27H,6H2,1-2H3,(H2,20,28)(H,22,23,25). The first kappa shape index (κ1) is 19.7. The molecule has 146 valence electrons. The molecule has 28 heavy (non-hydrogen) atoms. The average Bonchev–Trinajstić information content (AvgIpc) is 3.12.